The van der Waals surface area contributed by atoms with Crippen molar-refractivity contribution in [3.8, 4) is 5.69 Å². The van der Waals surface area contributed by atoms with Crippen LogP contribution in [0.2, 0.25) is 0 Å². The van der Waals surface area contributed by atoms with Gasteiger partial charge < -0.3 is 9.84 Å². The summed E-state index contributed by atoms with van der Waals surface area (Å²) in [6.07, 6.45) is 5.93. The summed E-state index contributed by atoms with van der Waals surface area (Å²) in [5, 5.41) is 17.5. The Bertz CT molecular complexity index is 1080. The highest BCUT2D eigenvalue weighted by molar-refractivity contribution is 5.66. The van der Waals surface area contributed by atoms with Crippen LogP contribution >= 0.6 is 0 Å². The van der Waals surface area contributed by atoms with E-state index in [0.29, 0.717) is 5.69 Å². The molecule has 0 spiro atoms. The Morgan fingerprint density at radius 3 is 2.62 bits per heavy atom. The van der Waals surface area contributed by atoms with Crippen molar-refractivity contribution in [2.24, 2.45) is 5.92 Å². The third-order valence-electron chi connectivity index (χ3n) is 4.36. The molecule has 9 nitrogen and oxygen atoms in total. The predicted octanol–water partition coefficient (Wildman–Crippen LogP) is 1.28. The second-order valence-electron chi connectivity index (χ2n) is 6.83. The number of hydrogen-bond acceptors (Lipinski definition) is 6. The zero-order valence-electron chi connectivity index (χ0n) is 16.2. The molecular weight excluding hydrogens is 374 g/mol. The SMILES string of the molecule is CC(C)[C@@H](CO)OCn1cc(/C=C/c2cn(-c3ccccc3)nn2)c(=O)[nH]c1=O. The third-order valence-corrected chi connectivity index (χ3v) is 4.36. The zero-order chi connectivity index (χ0) is 20.8. The van der Waals surface area contributed by atoms with Gasteiger partial charge in [0.15, 0.2) is 0 Å². The number of H-pyrrole nitrogens is 1. The molecule has 0 saturated heterocycles. The first-order valence-corrected chi connectivity index (χ1v) is 9.20. The molecule has 0 unspecified atom stereocenters. The molecule has 0 radical (unpaired) electrons. The molecule has 9 heteroatoms. The van der Waals surface area contributed by atoms with Gasteiger partial charge in [0, 0.05) is 6.20 Å². The molecule has 152 valence electrons. The highest BCUT2D eigenvalue weighted by Crippen LogP contribution is 2.08. The molecule has 3 aromatic rings. The van der Waals surface area contributed by atoms with Crippen LogP contribution in [0.4, 0.5) is 0 Å². The highest BCUT2D eigenvalue weighted by Gasteiger charge is 2.13. The molecular formula is C20H23N5O4. The second-order valence-corrected chi connectivity index (χ2v) is 6.83. The predicted molar refractivity (Wildman–Crippen MR) is 108 cm³/mol. The summed E-state index contributed by atoms with van der Waals surface area (Å²) in [6.45, 7) is 3.59. The summed E-state index contributed by atoms with van der Waals surface area (Å²) in [5.41, 5.74) is 0.602. The minimum atomic E-state index is -0.581. The maximum Gasteiger partial charge on any atom is 0.330 e. The van der Waals surface area contributed by atoms with Crippen molar-refractivity contribution in [3.05, 3.63) is 74.8 Å². The summed E-state index contributed by atoms with van der Waals surface area (Å²) in [6, 6.07) is 9.52. The van der Waals surface area contributed by atoms with Crippen molar-refractivity contribution in [1.82, 2.24) is 24.5 Å². The monoisotopic (exact) mass is 397 g/mol. The van der Waals surface area contributed by atoms with Crippen LogP contribution in [0.3, 0.4) is 0 Å². The number of para-hydroxylation sites is 1. The minimum Gasteiger partial charge on any atom is -0.394 e. The van der Waals surface area contributed by atoms with Crippen LogP contribution in [0.5, 0.6) is 0 Å². The number of nitrogens with zero attached hydrogens (tertiary/aromatic N) is 4. The molecule has 0 aliphatic carbocycles. The fourth-order valence-corrected chi connectivity index (χ4v) is 2.61. The van der Waals surface area contributed by atoms with Gasteiger partial charge >= 0.3 is 5.69 Å². The average molecular weight is 397 g/mol. The molecule has 1 aromatic carbocycles. The van der Waals surface area contributed by atoms with E-state index in [0.717, 1.165) is 5.69 Å². The Balaban J connectivity index is 1.78. The van der Waals surface area contributed by atoms with Crippen LogP contribution in [-0.4, -0.2) is 42.4 Å². The molecule has 1 atom stereocenters. The maximum absolute atomic E-state index is 12.1. The standard InChI is InChI=1S/C20H23N5O4/c1-14(2)18(12-26)29-13-24-10-15(19(27)21-20(24)28)8-9-16-11-25(23-22-16)17-6-4-3-5-7-17/h3-11,14,18,26H,12-13H2,1-2H3,(H,21,27,28)/b9-8+/t18-/m1/s1. The minimum absolute atomic E-state index is 0.0793. The number of nitrogens with one attached hydrogen (secondary N) is 1. The van der Waals surface area contributed by atoms with Crippen LogP contribution in [0.25, 0.3) is 17.8 Å². The van der Waals surface area contributed by atoms with Gasteiger partial charge in [-0.05, 0) is 30.2 Å². The second kappa shape index (κ2) is 9.26. The van der Waals surface area contributed by atoms with Gasteiger partial charge in [-0.25, -0.2) is 9.48 Å². The van der Waals surface area contributed by atoms with Gasteiger partial charge in [0.25, 0.3) is 5.56 Å². The van der Waals surface area contributed by atoms with E-state index < -0.39 is 17.4 Å². The number of aliphatic hydroxyl groups excluding tert-OH is 1. The summed E-state index contributed by atoms with van der Waals surface area (Å²) in [5.74, 6) is 0.0880. The van der Waals surface area contributed by atoms with Crippen molar-refractivity contribution >= 4 is 12.2 Å². The fraction of sp³-hybridized carbons (Fsp3) is 0.300. The van der Waals surface area contributed by atoms with Gasteiger partial charge in [-0.3, -0.25) is 14.3 Å². The van der Waals surface area contributed by atoms with Crippen LogP contribution < -0.4 is 11.2 Å². The Morgan fingerprint density at radius 2 is 1.93 bits per heavy atom. The van der Waals surface area contributed by atoms with Gasteiger partial charge in [0.1, 0.15) is 12.4 Å². The van der Waals surface area contributed by atoms with E-state index in [2.05, 4.69) is 15.3 Å². The first kappa shape index (κ1) is 20.4. The molecule has 3 rings (SSSR count). The summed E-state index contributed by atoms with van der Waals surface area (Å²) >= 11 is 0. The van der Waals surface area contributed by atoms with E-state index in [-0.39, 0.29) is 24.8 Å². The quantitative estimate of drug-likeness (QED) is 0.592. The van der Waals surface area contributed by atoms with E-state index >= 15 is 0 Å². The average Bonchev–Trinajstić information content (AvgIpc) is 3.18. The number of aliphatic hydroxyl groups is 1. The van der Waals surface area contributed by atoms with Crippen LogP contribution in [0, 0.1) is 5.92 Å². The molecule has 0 amide bonds. The van der Waals surface area contributed by atoms with Crippen molar-refractivity contribution in [1.29, 1.82) is 0 Å². The van der Waals surface area contributed by atoms with Crippen molar-refractivity contribution in [3.63, 3.8) is 0 Å². The van der Waals surface area contributed by atoms with Gasteiger partial charge in [-0.2, -0.15) is 0 Å². The van der Waals surface area contributed by atoms with E-state index in [1.54, 1.807) is 23.0 Å². The van der Waals surface area contributed by atoms with Gasteiger partial charge in [0.2, 0.25) is 0 Å². The topological polar surface area (TPSA) is 115 Å². The molecule has 0 bridgehead atoms. The number of aromatic amines is 1. The van der Waals surface area contributed by atoms with Crippen LogP contribution in [0.15, 0.2) is 52.3 Å². The largest absolute Gasteiger partial charge is 0.394 e. The lowest BCUT2D eigenvalue weighted by molar-refractivity contribution is -0.0488. The van der Waals surface area contributed by atoms with Crippen molar-refractivity contribution < 1.29 is 9.84 Å². The summed E-state index contributed by atoms with van der Waals surface area (Å²) in [4.78, 5) is 26.4. The lowest BCUT2D eigenvalue weighted by Gasteiger charge is -2.19. The normalized spacial score (nSPS) is 12.7. The van der Waals surface area contributed by atoms with Gasteiger partial charge in [-0.15, -0.1) is 5.10 Å². The number of rotatable bonds is 8. The Hall–Kier alpha value is -3.30. The molecule has 2 N–H and O–H groups in total. The Labute approximate surface area is 166 Å². The van der Waals surface area contributed by atoms with Gasteiger partial charge in [0.05, 0.1) is 30.2 Å². The Kier molecular flexibility index (Phi) is 6.53. The van der Waals surface area contributed by atoms with E-state index in [1.807, 2.05) is 44.2 Å². The lowest BCUT2D eigenvalue weighted by Crippen LogP contribution is -2.34. The number of benzene rings is 1. The number of ether oxygens (including phenoxy) is 1. The molecule has 0 saturated carbocycles. The number of hydrogen-bond donors (Lipinski definition) is 2. The molecule has 0 fully saturated rings. The van der Waals surface area contributed by atoms with Crippen LogP contribution in [0.1, 0.15) is 25.1 Å². The molecule has 0 aliphatic heterocycles. The Morgan fingerprint density at radius 1 is 1.17 bits per heavy atom. The molecule has 2 heterocycles. The van der Waals surface area contributed by atoms with E-state index in [4.69, 9.17) is 4.74 Å². The highest BCUT2D eigenvalue weighted by atomic mass is 16.5. The molecule has 2 aromatic heterocycles. The smallest absolute Gasteiger partial charge is 0.330 e. The van der Waals surface area contributed by atoms with Gasteiger partial charge in [-0.1, -0.05) is 37.3 Å². The fourth-order valence-electron chi connectivity index (χ4n) is 2.61. The van der Waals surface area contributed by atoms with E-state index in [9.17, 15) is 14.7 Å². The first-order valence-electron chi connectivity index (χ1n) is 9.20. The maximum atomic E-state index is 12.1. The summed E-state index contributed by atoms with van der Waals surface area (Å²) < 4.78 is 8.44. The summed E-state index contributed by atoms with van der Waals surface area (Å²) in [7, 11) is 0. The molecule has 0 aliphatic rings. The lowest BCUT2D eigenvalue weighted by atomic mass is 10.1. The van der Waals surface area contributed by atoms with Crippen molar-refractivity contribution in [2.75, 3.05) is 6.61 Å². The first-order chi connectivity index (χ1) is 14.0. The molecule has 29 heavy (non-hydrogen) atoms. The van der Waals surface area contributed by atoms with Crippen LogP contribution in [-0.2, 0) is 11.5 Å². The van der Waals surface area contributed by atoms with E-state index in [1.165, 1.54) is 10.8 Å². The van der Waals surface area contributed by atoms with Crippen molar-refractivity contribution in [2.45, 2.75) is 26.7 Å². The third kappa shape index (κ3) is 5.15. The zero-order valence-corrected chi connectivity index (χ0v) is 16.2. The number of aromatic nitrogens is 5.